The van der Waals surface area contributed by atoms with E-state index in [2.05, 4.69) is 27.1 Å². The van der Waals surface area contributed by atoms with Gasteiger partial charge in [0.25, 0.3) is 0 Å². The van der Waals surface area contributed by atoms with Crippen molar-refractivity contribution in [3.63, 3.8) is 0 Å². The first-order chi connectivity index (χ1) is 7.59. The summed E-state index contributed by atoms with van der Waals surface area (Å²) in [4.78, 5) is 10.3. The Morgan fingerprint density at radius 3 is 2.44 bits per heavy atom. The van der Waals surface area contributed by atoms with E-state index in [1.54, 1.807) is 0 Å². The lowest BCUT2D eigenvalue weighted by molar-refractivity contribution is 0.493. The third-order valence-electron chi connectivity index (χ3n) is 2.52. The van der Waals surface area contributed by atoms with Crippen LogP contribution in [0.4, 0.5) is 5.95 Å². The summed E-state index contributed by atoms with van der Waals surface area (Å²) in [7, 11) is 0. The van der Waals surface area contributed by atoms with Gasteiger partial charge < -0.3 is 10.2 Å². The summed E-state index contributed by atoms with van der Waals surface area (Å²) in [6.45, 7) is 4.70. The summed E-state index contributed by atoms with van der Waals surface area (Å²) in [6.07, 6.45) is 0. The summed E-state index contributed by atoms with van der Waals surface area (Å²) in [6, 6.07) is 0.307. The van der Waals surface area contributed by atoms with E-state index in [1.165, 1.54) is 0 Å². The average Bonchev–Trinajstić information content (AvgIpc) is 2.26. The van der Waals surface area contributed by atoms with Crippen LogP contribution in [0.5, 0.6) is 0 Å². The fourth-order valence-corrected chi connectivity index (χ4v) is 2.11. The topological polar surface area (TPSA) is 41.0 Å². The van der Waals surface area contributed by atoms with Crippen molar-refractivity contribution in [3.8, 4) is 0 Å². The number of rotatable bonds is 1. The summed E-state index contributed by atoms with van der Waals surface area (Å²) in [5.74, 6) is 0.536. The highest BCUT2D eigenvalue weighted by molar-refractivity contribution is 6.46. The van der Waals surface area contributed by atoms with Gasteiger partial charge in [0, 0.05) is 25.7 Å². The zero-order valence-corrected chi connectivity index (χ0v) is 10.9. The van der Waals surface area contributed by atoms with Gasteiger partial charge in [-0.1, -0.05) is 34.8 Å². The van der Waals surface area contributed by atoms with E-state index in [9.17, 15) is 0 Å². The number of hydrogen-bond acceptors (Lipinski definition) is 4. The molecular formula is C9H11Cl3N4. The van der Waals surface area contributed by atoms with Gasteiger partial charge >= 0.3 is 0 Å². The minimum Gasteiger partial charge on any atom is -0.335 e. The van der Waals surface area contributed by atoms with Crippen LogP contribution in [0.2, 0.25) is 15.3 Å². The first kappa shape index (κ1) is 12.2. The first-order valence-electron chi connectivity index (χ1n) is 4.95. The van der Waals surface area contributed by atoms with Gasteiger partial charge in [-0.05, 0) is 6.92 Å². The van der Waals surface area contributed by atoms with Crippen LogP contribution in [0.15, 0.2) is 0 Å². The largest absolute Gasteiger partial charge is 0.335 e. The number of nitrogens with zero attached hydrogens (tertiary/aromatic N) is 3. The SMILES string of the molecule is CC1CNCCN1c1nc(Cl)c(Cl)c(Cl)n1. The summed E-state index contributed by atoms with van der Waals surface area (Å²) < 4.78 is 0. The maximum absolute atomic E-state index is 5.88. The number of anilines is 1. The predicted molar refractivity (Wildman–Crippen MR) is 66.7 cm³/mol. The molecule has 1 saturated heterocycles. The molecule has 16 heavy (non-hydrogen) atoms. The fraction of sp³-hybridized carbons (Fsp3) is 0.556. The number of hydrogen-bond donors (Lipinski definition) is 1. The highest BCUT2D eigenvalue weighted by Gasteiger charge is 2.22. The maximum Gasteiger partial charge on any atom is 0.228 e. The van der Waals surface area contributed by atoms with Crippen LogP contribution in [0, 0.1) is 0 Å². The molecule has 1 aromatic heterocycles. The molecule has 1 fully saturated rings. The minimum absolute atomic E-state index is 0.197. The number of aromatic nitrogens is 2. The smallest absolute Gasteiger partial charge is 0.228 e. The molecule has 4 nitrogen and oxygen atoms in total. The van der Waals surface area contributed by atoms with Gasteiger partial charge in [-0.2, -0.15) is 9.97 Å². The Hall–Kier alpha value is -0.290. The normalized spacial score (nSPS) is 21.2. The number of halogens is 3. The third-order valence-corrected chi connectivity index (χ3v) is 3.62. The van der Waals surface area contributed by atoms with Crippen molar-refractivity contribution < 1.29 is 0 Å². The molecule has 1 unspecified atom stereocenters. The maximum atomic E-state index is 5.88. The molecular weight excluding hydrogens is 270 g/mol. The first-order valence-corrected chi connectivity index (χ1v) is 6.09. The molecule has 0 aromatic carbocycles. The molecule has 0 radical (unpaired) electrons. The van der Waals surface area contributed by atoms with Crippen molar-refractivity contribution in [1.82, 2.24) is 15.3 Å². The molecule has 2 rings (SSSR count). The molecule has 2 heterocycles. The van der Waals surface area contributed by atoms with Gasteiger partial charge in [0.1, 0.15) is 5.02 Å². The zero-order valence-electron chi connectivity index (χ0n) is 8.67. The molecule has 1 aromatic rings. The van der Waals surface area contributed by atoms with Crippen LogP contribution in [-0.4, -0.2) is 35.6 Å². The second-order valence-electron chi connectivity index (χ2n) is 3.67. The molecule has 7 heteroatoms. The molecule has 0 spiro atoms. The van der Waals surface area contributed by atoms with Crippen molar-refractivity contribution >= 4 is 40.8 Å². The van der Waals surface area contributed by atoms with Crippen LogP contribution in [0.25, 0.3) is 0 Å². The Balaban J connectivity index is 2.32. The van der Waals surface area contributed by atoms with E-state index in [4.69, 9.17) is 34.8 Å². The molecule has 0 saturated carbocycles. The Labute approximate surface area is 109 Å². The lowest BCUT2D eigenvalue weighted by atomic mass is 10.2. The Kier molecular flexibility index (Phi) is 3.74. The van der Waals surface area contributed by atoms with Gasteiger partial charge in [-0.3, -0.25) is 0 Å². The zero-order chi connectivity index (χ0) is 11.7. The highest BCUT2D eigenvalue weighted by atomic mass is 35.5. The van der Waals surface area contributed by atoms with E-state index in [0.717, 1.165) is 19.6 Å². The molecule has 88 valence electrons. The number of nitrogens with one attached hydrogen (secondary N) is 1. The Morgan fingerprint density at radius 1 is 1.25 bits per heavy atom. The van der Waals surface area contributed by atoms with Gasteiger partial charge in [0.05, 0.1) is 0 Å². The summed E-state index contributed by atoms with van der Waals surface area (Å²) in [5, 5.41) is 3.88. The second kappa shape index (κ2) is 4.92. The van der Waals surface area contributed by atoms with Crippen molar-refractivity contribution in [2.24, 2.45) is 0 Å². The molecule has 0 amide bonds. The van der Waals surface area contributed by atoms with Crippen LogP contribution in [0.3, 0.4) is 0 Å². The summed E-state index contributed by atoms with van der Waals surface area (Å²) in [5.41, 5.74) is 0. The molecule has 1 N–H and O–H groups in total. The van der Waals surface area contributed by atoms with Crippen molar-refractivity contribution in [2.45, 2.75) is 13.0 Å². The van der Waals surface area contributed by atoms with Crippen molar-refractivity contribution in [1.29, 1.82) is 0 Å². The molecule has 1 aliphatic rings. The third kappa shape index (κ3) is 2.35. The fourth-order valence-electron chi connectivity index (χ4n) is 1.65. The van der Waals surface area contributed by atoms with Crippen LogP contribution in [0.1, 0.15) is 6.92 Å². The van der Waals surface area contributed by atoms with E-state index in [1.807, 2.05) is 0 Å². The number of piperazine rings is 1. The van der Waals surface area contributed by atoms with E-state index in [-0.39, 0.29) is 15.3 Å². The minimum atomic E-state index is 0.197. The Morgan fingerprint density at radius 2 is 1.88 bits per heavy atom. The van der Waals surface area contributed by atoms with E-state index in [0.29, 0.717) is 12.0 Å². The van der Waals surface area contributed by atoms with E-state index >= 15 is 0 Å². The molecule has 1 atom stereocenters. The predicted octanol–water partition coefficient (Wildman–Crippen LogP) is 2.23. The lowest BCUT2D eigenvalue weighted by Crippen LogP contribution is -2.50. The highest BCUT2D eigenvalue weighted by Crippen LogP contribution is 2.29. The average molecular weight is 282 g/mol. The monoisotopic (exact) mass is 280 g/mol. The standard InChI is InChI=1S/C9H11Cl3N4/c1-5-4-13-2-3-16(5)9-14-7(11)6(10)8(12)15-9/h5,13H,2-4H2,1H3. The van der Waals surface area contributed by atoms with Crippen LogP contribution >= 0.6 is 34.8 Å². The van der Waals surface area contributed by atoms with Gasteiger partial charge in [0.15, 0.2) is 10.3 Å². The van der Waals surface area contributed by atoms with Crippen molar-refractivity contribution in [3.05, 3.63) is 15.3 Å². The van der Waals surface area contributed by atoms with Crippen molar-refractivity contribution in [2.75, 3.05) is 24.5 Å². The van der Waals surface area contributed by atoms with Gasteiger partial charge in [-0.25, -0.2) is 0 Å². The van der Waals surface area contributed by atoms with Crippen LogP contribution < -0.4 is 10.2 Å². The Bertz CT molecular complexity index is 375. The van der Waals surface area contributed by atoms with Gasteiger partial charge in [0.2, 0.25) is 5.95 Å². The van der Waals surface area contributed by atoms with Crippen LogP contribution in [-0.2, 0) is 0 Å². The molecule has 1 aliphatic heterocycles. The summed E-state index contributed by atoms with van der Waals surface area (Å²) >= 11 is 17.6. The molecule has 0 bridgehead atoms. The lowest BCUT2D eigenvalue weighted by Gasteiger charge is -2.34. The second-order valence-corrected chi connectivity index (χ2v) is 4.76. The van der Waals surface area contributed by atoms with E-state index < -0.39 is 0 Å². The van der Waals surface area contributed by atoms with Gasteiger partial charge in [-0.15, -0.1) is 0 Å². The molecule has 0 aliphatic carbocycles. The quantitative estimate of drug-likeness (QED) is 0.802.